The molecule has 2 aromatic heterocycles. The molecule has 2 aromatic carbocycles. The molecular weight excluding hydrogens is 477 g/mol. The van der Waals surface area contributed by atoms with Gasteiger partial charge in [0.2, 0.25) is 0 Å². The monoisotopic (exact) mass is 507 g/mol. The number of hydrogen-bond acceptors (Lipinski definition) is 6. The number of fused-ring (bicyclic) bond motifs is 1. The molecule has 0 saturated carbocycles. The van der Waals surface area contributed by atoms with E-state index in [9.17, 15) is 14.0 Å². The van der Waals surface area contributed by atoms with Gasteiger partial charge in [0.15, 0.2) is 4.83 Å². The van der Waals surface area contributed by atoms with Gasteiger partial charge < -0.3 is 10.6 Å². The zero-order valence-corrected chi connectivity index (χ0v) is 21.4. The van der Waals surface area contributed by atoms with Gasteiger partial charge in [-0.2, -0.15) is 4.37 Å². The molecule has 0 spiro atoms. The Hall–Kier alpha value is -3.43. The molecule has 0 unspecified atom stereocenters. The lowest BCUT2D eigenvalue weighted by atomic mass is 10.1. The first kappa shape index (κ1) is 25.7. The molecule has 4 aromatic rings. The first-order chi connectivity index (χ1) is 17.4. The van der Waals surface area contributed by atoms with E-state index in [-0.39, 0.29) is 23.8 Å². The van der Waals surface area contributed by atoms with Crippen molar-refractivity contribution in [3.8, 4) is 0 Å². The summed E-state index contributed by atoms with van der Waals surface area (Å²) in [7, 11) is 0. The summed E-state index contributed by atoms with van der Waals surface area (Å²) in [4.78, 5) is 33.7. The van der Waals surface area contributed by atoms with Crippen LogP contribution < -0.4 is 11.3 Å². The second kappa shape index (κ2) is 11.5. The number of nitrogens with two attached hydrogens (primary N) is 1. The fourth-order valence-electron chi connectivity index (χ4n) is 4.19. The van der Waals surface area contributed by atoms with E-state index in [1.807, 2.05) is 36.1 Å². The summed E-state index contributed by atoms with van der Waals surface area (Å²) in [6, 6.07) is 13.8. The van der Waals surface area contributed by atoms with E-state index in [0.29, 0.717) is 71.8 Å². The van der Waals surface area contributed by atoms with E-state index < -0.39 is 0 Å². The molecule has 9 heteroatoms. The van der Waals surface area contributed by atoms with Crippen molar-refractivity contribution in [3.63, 3.8) is 0 Å². The Morgan fingerprint density at radius 3 is 2.58 bits per heavy atom. The first-order valence-electron chi connectivity index (χ1n) is 12.0. The molecule has 0 aliphatic heterocycles. The van der Waals surface area contributed by atoms with Gasteiger partial charge in [0, 0.05) is 25.1 Å². The Labute approximate surface area is 213 Å². The van der Waals surface area contributed by atoms with Gasteiger partial charge in [0.25, 0.3) is 11.5 Å². The van der Waals surface area contributed by atoms with Crippen LogP contribution in [0.15, 0.2) is 53.3 Å². The van der Waals surface area contributed by atoms with Gasteiger partial charge in [-0.25, -0.2) is 9.37 Å². The molecular formula is C27H30FN5O2S. The summed E-state index contributed by atoms with van der Waals surface area (Å²) in [5.41, 5.74) is 8.59. The normalized spacial score (nSPS) is 11.2. The average Bonchev–Trinajstić information content (AvgIpc) is 3.24. The van der Waals surface area contributed by atoms with Gasteiger partial charge >= 0.3 is 0 Å². The predicted octanol–water partition coefficient (Wildman–Crippen LogP) is 4.08. The topological polar surface area (TPSA) is 94.1 Å². The largest absolute Gasteiger partial charge is 0.339 e. The first-order valence-corrected chi connectivity index (χ1v) is 12.8. The van der Waals surface area contributed by atoms with E-state index in [4.69, 9.17) is 10.7 Å². The number of carbonyl (C=O) groups excluding carboxylic acids is 1. The number of carbonyl (C=O) groups is 1. The Morgan fingerprint density at radius 1 is 1.11 bits per heavy atom. The van der Waals surface area contributed by atoms with Crippen LogP contribution in [0.5, 0.6) is 0 Å². The van der Waals surface area contributed by atoms with Crippen LogP contribution in [0.1, 0.15) is 45.8 Å². The Balaban J connectivity index is 1.58. The van der Waals surface area contributed by atoms with Crippen molar-refractivity contribution >= 4 is 27.7 Å². The van der Waals surface area contributed by atoms with Crippen molar-refractivity contribution in [2.45, 2.75) is 39.7 Å². The summed E-state index contributed by atoms with van der Waals surface area (Å²) in [6.45, 7) is 5.54. The van der Waals surface area contributed by atoms with Crippen molar-refractivity contribution < 1.29 is 9.18 Å². The van der Waals surface area contributed by atoms with E-state index in [2.05, 4.69) is 4.37 Å². The quantitative estimate of drug-likeness (QED) is 0.349. The average molecular weight is 508 g/mol. The molecule has 0 aliphatic carbocycles. The Morgan fingerprint density at radius 2 is 1.86 bits per heavy atom. The van der Waals surface area contributed by atoms with Crippen LogP contribution in [0.2, 0.25) is 0 Å². The predicted molar refractivity (Wildman–Crippen MR) is 141 cm³/mol. The number of amides is 1. The zero-order valence-electron chi connectivity index (χ0n) is 20.5. The highest BCUT2D eigenvalue weighted by Gasteiger charge is 2.18. The number of aromatic nitrogens is 3. The highest BCUT2D eigenvalue weighted by molar-refractivity contribution is 7.12. The lowest BCUT2D eigenvalue weighted by molar-refractivity contribution is 0.0752. The van der Waals surface area contributed by atoms with Crippen LogP contribution in [-0.4, -0.2) is 44.4 Å². The number of hydrogen-bond donors (Lipinski definition) is 1. The third kappa shape index (κ3) is 5.85. The molecule has 1 amide bonds. The minimum absolute atomic E-state index is 0.0397. The highest BCUT2D eigenvalue weighted by atomic mass is 32.1. The zero-order chi connectivity index (χ0) is 25.7. The van der Waals surface area contributed by atoms with Gasteiger partial charge in [-0.05, 0) is 74.6 Å². The smallest absolute Gasteiger partial charge is 0.264 e. The molecule has 2 heterocycles. The molecule has 36 heavy (non-hydrogen) atoms. The lowest BCUT2D eigenvalue weighted by Gasteiger charge is -2.23. The van der Waals surface area contributed by atoms with Crippen molar-refractivity contribution in [3.05, 3.63) is 92.9 Å². The number of nitrogens with zero attached hydrogens (tertiary/aromatic N) is 4. The van der Waals surface area contributed by atoms with Gasteiger partial charge in [-0.3, -0.25) is 14.2 Å². The van der Waals surface area contributed by atoms with Crippen LogP contribution in [0.4, 0.5) is 4.39 Å². The minimum atomic E-state index is -0.352. The number of aryl methyl sites for hydroxylation is 3. The molecule has 0 saturated heterocycles. The summed E-state index contributed by atoms with van der Waals surface area (Å²) in [5, 5.41) is 0.499. The minimum Gasteiger partial charge on any atom is -0.339 e. The van der Waals surface area contributed by atoms with E-state index >= 15 is 0 Å². The maximum Gasteiger partial charge on any atom is 0.264 e. The van der Waals surface area contributed by atoms with Crippen LogP contribution in [0.3, 0.4) is 0 Å². The van der Waals surface area contributed by atoms with Gasteiger partial charge in [-0.15, -0.1) is 0 Å². The number of benzene rings is 2. The van der Waals surface area contributed by atoms with Gasteiger partial charge in [-0.1, -0.05) is 29.8 Å². The van der Waals surface area contributed by atoms with Crippen LogP contribution >= 0.6 is 11.5 Å². The third-order valence-electron chi connectivity index (χ3n) is 6.12. The second-order valence-corrected chi connectivity index (χ2v) is 9.65. The molecule has 0 bridgehead atoms. The fourth-order valence-corrected chi connectivity index (χ4v) is 4.97. The molecule has 0 aliphatic rings. The summed E-state index contributed by atoms with van der Waals surface area (Å²) < 4.78 is 19.7. The number of rotatable bonds is 10. The third-order valence-corrected chi connectivity index (χ3v) is 6.96. The summed E-state index contributed by atoms with van der Waals surface area (Å²) in [5.74, 6) is 0.207. The molecule has 188 valence electrons. The lowest BCUT2D eigenvalue weighted by Crippen LogP contribution is -2.34. The second-order valence-electron chi connectivity index (χ2n) is 8.90. The number of halogens is 1. The highest BCUT2D eigenvalue weighted by Crippen LogP contribution is 2.19. The Bertz CT molecular complexity index is 1410. The maximum atomic E-state index is 13.8. The van der Waals surface area contributed by atoms with Crippen LogP contribution in [-0.2, 0) is 13.0 Å². The fraction of sp³-hybridized carbons (Fsp3) is 0.333. The standard InChI is InChI=1S/C27H30FN5O2S/c1-18-9-11-21(12-10-18)26(34)32(15-5-13-29)14-4-8-23-30-25-24(19(2)31-36-25)27(35)33(23)17-20-6-3-7-22(28)16-20/h3,6-7,9-12,16H,4-5,8,13-15,17,29H2,1-2H3. The van der Waals surface area contributed by atoms with E-state index in [0.717, 1.165) is 5.56 Å². The SMILES string of the molecule is Cc1ccc(C(=O)N(CCCN)CCCc2nc3snc(C)c3c(=O)n2Cc2cccc(F)c2)cc1. The van der Waals surface area contributed by atoms with Crippen molar-refractivity contribution in [2.24, 2.45) is 5.73 Å². The van der Waals surface area contributed by atoms with Crippen LogP contribution in [0, 0.1) is 19.7 Å². The van der Waals surface area contributed by atoms with Gasteiger partial charge in [0.1, 0.15) is 11.6 Å². The van der Waals surface area contributed by atoms with Crippen molar-refractivity contribution in [2.75, 3.05) is 19.6 Å². The molecule has 0 fully saturated rings. The molecule has 2 N–H and O–H groups in total. The van der Waals surface area contributed by atoms with Crippen molar-refractivity contribution in [1.82, 2.24) is 18.8 Å². The van der Waals surface area contributed by atoms with E-state index in [1.165, 1.54) is 23.7 Å². The maximum absolute atomic E-state index is 13.8. The summed E-state index contributed by atoms with van der Waals surface area (Å²) in [6.07, 6.45) is 1.80. The van der Waals surface area contributed by atoms with Crippen molar-refractivity contribution in [1.29, 1.82) is 0 Å². The van der Waals surface area contributed by atoms with Crippen LogP contribution in [0.25, 0.3) is 10.2 Å². The molecule has 4 rings (SSSR count). The molecule has 7 nitrogen and oxygen atoms in total. The summed E-state index contributed by atoms with van der Waals surface area (Å²) >= 11 is 1.20. The van der Waals surface area contributed by atoms with Gasteiger partial charge in [0.05, 0.1) is 17.6 Å². The van der Waals surface area contributed by atoms with E-state index in [1.54, 1.807) is 23.6 Å². The molecule has 0 radical (unpaired) electrons. The Kier molecular flexibility index (Phi) is 8.22. The molecule has 0 atom stereocenters.